The van der Waals surface area contributed by atoms with E-state index in [0.717, 1.165) is 51.4 Å². The number of aliphatic hydroxyl groups is 4. The van der Waals surface area contributed by atoms with E-state index < -0.39 is 23.4 Å². The third kappa shape index (κ3) is 2.78. The fraction of sp³-hybridized carbons (Fsp3) is 1.00. The zero-order valence-corrected chi connectivity index (χ0v) is 23.1. The average molecular weight is 491 g/mol. The normalized spacial score (nSPS) is 60.9. The van der Waals surface area contributed by atoms with Gasteiger partial charge in [-0.25, -0.2) is 0 Å². The van der Waals surface area contributed by atoms with Gasteiger partial charge in [0, 0.05) is 5.92 Å². The summed E-state index contributed by atoms with van der Waals surface area (Å²) in [6, 6.07) is 0. The van der Waals surface area contributed by atoms with Crippen LogP contribution in [-0.2, 0) is 4.74 Å². The molecule has 5 nitrogen and oxygen atoms in total. The lowest BCUT2D eigenvalue weighted by Gasteiger charge is -2.64. The van der Waals surface area contributed by atoms with Gasteiger partial charge in [-0.05, 0) is 117 Å². The predicted molar refractivity (Wildman–Crippen MR) is 134 cm³/mol. The molecule has 35 heavy (non-hydrogen) atoms. The minimum absolute atomic E-state index is 0.0267. The molecule has 1 heterocycles. The van der Waals surface area contributed by atoms with E-state index in [1.54, 1.807) is 0 Å². The van der Waals surface area contributed by atoms with Crippen LogP contribution in [0.5, 0.6) is 0 Å². The van der Waals surface area contributed by atoms with Crippen molar-refractivity contribution in [3.05, 3.63) is 0 Å². The molecule has 0 aromatic carbocycles. The smallest absolute Gasteiger partial charge is 0.0865 e. The number of hydrogen-bond donors (Lipinski definition) is 4. The maximum atomic E-state index is 11.7. The molecule has 4 N–H and O–H groups in total. The van der Waals surface area contributed by atoms with Gasteiger partial charge in [0.2, 0.25) is 0 Å². The number of hydrogen-bond acceptors (Lipinski definition) is 5. The van der Waals surface area contributed by atoms with Crippen molar-refractivity contribution in [3.8, 4) is 0 Å². The summed E-state index contributed by atoms with van der Waals surface area (Å²) in [5.41, 5.74) is -1.35. The van der Waals surface area contributed by atoms with Gasteiger partial charge in [-0.2, -0.15) is 0 Å². The van der Waals surface area contributed by atoms with Gasteiger partial charge < -0.3 is 25.2 Å². The summed E-state index contributed by atoms with van der Waals surface area (Å²) < 4.78 is 6.66. The van der Waals surface area contributed by atoms with Crippen LogP contribution < -0.4 is 0 Å². The van der Waals surface area contributed by atoms with E-state index in [-0.39, 0.29) is 51.1 Å². The van der Waals surface area contributed by atoms with Crippen LogP contribution >= 0.6 is 0 Å². The molecule has 6 fully saturated rings. The monoisotopic (exact) mass is 490 g/mol. The second kappa shape index (κ2) is 6.86. The SMILES string of the molecule is CC(C)(O)[C@H]1CC[C@](C)([C@H]2[C@@H](O)C[C@@]3(C)[C@@H]4C[C@H](O)[C@H]5C(C)(C)[C@@H](O)CC[C@@]56C[C@@]46CC[C@]23C)O1. The molecular weight excluding hydrogens is 440 g/mol. The molecule has 0 bridgehead atoms. The summed E-state index contributed by atoms with van der Waals surface area (Å²) in [6.07, 6.45) is 7.18. The highest BCUT2D eigenvalue weighted by atomic mass is 16.5. The Labute approximate surface area is 212 Å². The van der Waals surface area contributed by atoms with Gasteiger partial charge in [0.15, 0.2) is 0 Å². The van der Waals surface area contributed by atoms with E-state index in [1.807, 2.05) is 13.8 Å². The molecule has 12 atom stereocenters. The molecule has 5 heteroatoms. The molecule has 2 spiro atoms. The zero-order valence-electron chi connectivity index (χ0n) is 23.1. The molecule has 6 aliphatic rings. The van der Waals surface area contributed by atoms with Crippen LogP contribution in [0.1, 0.15) is 106 Å². The Kier molecular flexibility index (Phi) is 4.92. The number of ether oxygens (including phenoxy) is 1. The van der Waals surface area contributed by atoms with Crippen LogP contribution in [0.2, 0.25) is 0 Å². The predicted octanol–water partition coefficient (Wildman–Crippen LogP) is 4.44. The van der Waals surface area contributed by atoms with Crippen LogP contribution in [0.15, 0.2) is 0 Å². The first-order valence-electron chi connectivity index (χ1n) is 14.4. The average Bonchev–Trinajstić information content (AvgIpc) is 3.08. The molecule has 0 radical (unpaired) electrons. The molecule has 0 unspecified atom stereocenters. The van der Waals surface area contributed by atoms with Gasteiger partial charge in [0.05, 0.1) is 35.6 Å². The summed E-state index contributed by atoms with van der Waals surface area (Å²) in [7, 11) is 0. The van der Waals surface area contributed by atoms with Crippen molar-refractivity contribution in [3.63, 3.8) is 0 Å². The fourth-order valence-electron chi connectivity index (χ4n) is 12.1. The Morgan fingerprint density at radius 2 is 1.46 bits per heavy atom. The second-order valence-corrected chi connectivity index (χ2v) is 15.9. The third-order valence-electron chi connectivity index (χ3n) is 13.8. The van der Waals surface area contributed by atoms with E-state index >= 15 is 0 Å². The Morgan fingerprint density at radius 3 is 2.09 bits per heavy atom. The molecule has 5 saturated carbocycles. The van der Waals surface area contributed by atoms with Crippen molar-refractivity contribution >= 4 is 0 Å². The summed E-state index contributed by atoms with van der Waals surface area (Å²) in [5.74, 6) is 0.577. The van der Waals surface area contributed by atoms with E-state index in [9.17, 15) is 20.4 Å². The lowest BCUT2D eigenvalue weighted by Crippen LogP contribution is -2.62. The first-order valence-corrected chi connectivity index (χ1v) is 14.4. The molecule has 1 aliphatic heterocycles. The number of fused-ring (bicyclic) bond motifs is 2. The molecule has 1 saturated heterocycles. The lowest BCUT2D eigenvalue weighted by molar-refractivity contribution is -0.213. The van der Waals surface area contributed by atoms with Crippen molar-refractivity contribution in [1.29, 1.82) is 0 Å². The minimum atomic E-state index is -0.886. The largest absolute Gasteiger partial charge is 0.393 e. The van der Waals surface area contributed by atoms with Crippen LogP contribution in [-0.4, -0.2) is 56.0 Å². The highest BCUT2D eigenvalue weighted by Gasteiger charge is 2.84. The van der Waals surface area contributed by atoms with Gasteiger partial charge in [-0.1, -0.05) is 27.7 Å². The van der Waals surface area contributed by atoms with Crippen LogP contribution in [0.3, 0.4) is 0 Å². The van der Waals surface area contributed by atoms with Gasteiger partial charge in [0.25, 0.3) is 0 Å². The number of rotatable bonds is 2. The highest BCUT2D eigenvalue weighted by Crippen LogP contribution is 2.89. The van der Waals surface area contributed by atoms with Crippen molar-refractivity contribution in [1.82, 2.24) is 0 Å². The third-order valence-corrected chi connectivity index (χ3v) is 13.8. The Balaban J connectivity index is 1.37. The molecule has 0 aromatic heterocycles. The summed E-state index contributed by atoms with van der Waals surface area (Å²) in [5, 5.41) is 45.0. The van der Waals surface area contributed by atoms with E-state index in [2.05, 4.69) is 34.6 Å². The van der Waals surface area contributed by atoms with E-state index in [4.69, 9.17) is 4.74 Å². The summed E-state index contributed by atoms with van der Waals surface area (Å²) in [4.78, 5) is 0. The molecule has 6 rings (SSSR count). The first kappa shape index (κ1) is 25.1. The Morgan fingerprint density at radius 1 is 0.771 bits per heavy atom. The minimum Gasteiger partial charge on any atom is -0.393 e. The lowest BCUT2D eigenvalue weighted by atomic mass is 9.41. The quantitative estimate of drug-likeness (QED) is 0.460. The van der Waals surface area contributed by atoms with E-state index in [0.29, 0.717) is 5.92 Å². The molecule has 200 valence electrons. The van der Waals surface area contributed by atoms with Gasteiger partial charge in [-0.15, -0.1) is 0 Å². The van der Waals surface area contributed by atoms with Gasteiger partial charge in [-0.3, -0.25) is 0 Å². The van der Waals surface area contributed by atoms with Crippen molar-refractivity contribution < 1.29 is 25.2 Å². The number of aliphatic hydroxyl groups excluding tert-OH is 3. The highest BCUT2D eigenvalue weighted by molar-refractivity contribution is 5.33. The van der Waals surface area contributed by atoms with Crippen molar-refractivity contribution in [2.24, 2.45) is 44.8 Å². The topological polar surface area (TPSA) is 90.2 Å². The van der Waals surface area contributed by atoms with Crippen LogP contribution in [0, 0.1) is 44.8 Å². The Hall–Kier alpha value is -0.200. The molecule has 0 aromatic rings. The van der Waals surface area contributed by atoms with Crippen molar-refractivity contribution in [2.45, 2.75) is 142 Å². The van der Waals surface area contributed by atoms with E-state index in [1.165, 1.54) is 6.42 Å². The van der Waals surface area contributed by atoms with Gasteiger partial charge in [0.1, 0.15) is 0 Å². The summed E-state index contributed by atoms with van der Waals surface area (Å²) in [6.45, 7) is 15.0. The van der Waals surface area contributed by atoms with Gasteiger partial charge >= 0.3 is 0 Å². The van der Waals surface area contributed by atoms with Crippen LogP contribution in [0.25, 0.3) is 0 Å². The maximum absolute atomic E-state index is 11.7. The fourth-order valence-corrected chi connectivity index (χ4v) is 12.1. The second-order valence-electron chi connectivity index (χ2n) is 15.9. The standard InChI is InChI=1S/C30H50O5/c1-24(2)20(33)8-11-30-16-29(30)13-12-26(5)23(28(7)10-9-21(35-28)25(3,4)34)18(32)15-27(26,6)19(29)14-17(31)22(24)30/h17-23,31-34H,8-16H2,1-7H3/t17-,18-,19-,20-,21+,22-,23-,26+,27-,28+,29-,30+/m0/s1. The summed E-state index contributed by atoms with van der Waals surface area (Å²) >= 11 is 0. The molecular formula is C30H50O5. The molecule has 0 amide bonds. The van der Waals surface area contributed by atoms with Crippen molar-refractivity contribution in [2.75, 3.05) is 0 Å². The van der Waals surface area contributed by atoms with Crippen LogP contribution in [0.4, 0.5) is 0 Å². The Bertz CT molecular complexity index is 911. The maximum Gasteiger partial charge on any atom is 0.0865 e. The zero-order chi connectivity index (χ0) is 25.6. The first-order chi connectivity index (χ1) is 16.0. The molecule has 5 aliphatic carbocycles.